The van der Waals surface area contributed by atoms with Crippen LogP contribution in [0.4, 0.5) is 8.78 Å². The van der Waals surface area contributed by atoms with Crippen molar-refractivity contribution in [3.05, 3.63) is 65.5 Å². The van der Waals surface area contributed by atoms with Crippen LogP contribution >= 0.6 is 0 Å². The van der Waals surface area contributed by atoms with Gasteiger partial charge in [-0.25, -0.2) is 8.78 Å². The summed E-state index contributed by atoms with van der Waals surface area (Å²) in [6.45, 7) is 2.82. The Morgan fingerprint density at radius 3 is 2.62 bits per heavy atom. The Bertz CT molecular complexity index is 558. The minimum absolute atomic E-state index is 0.125. The number of likely N-dealkylation sites (N-methyl/N-ethyl adjacent to an activating group) is 1. The van der Waals surface area contributed by atoms with Gasteiger partial charge in [-0.15, -0.1) is 0 Å². The lowest BCUT2D eigenvalue weighted by molar-refractivity contribution is 0.477. The first-order chi connectivity index (χ1) is 10.2. The van der Waals surface area contributed by atoms with Crippen molar-refractivity contribution in [2.24, 2.45) is 0 Å². The van der Waals surface area contributed by atoms with Crippen LogP contribution in [0.2, 0.25) is 0 Å². The summed E-state index contributed by atoms with van der Waals surface area (Å²) in [6, 6.07) is 7.71. The molecule has 0 spiro atoms. The number of aromatic nitrogens is 1. The molecule has 0 saturated carbocycles. The van der Waals surface area contributed by atoms with E-state index < -0.39 is 5.82 Å². The fourth-order valence-electron chi connectivity index (χ4n) is 2.42. The second kappa shape index (κ2) is 7.84. The fraction of sp³-hybridized carbons (Fsp3) is 0.353. The maximum Gasteiger partial charge on any atom is 0.126 e. The van der Waals surface area contributed by atoms with Crippen LogP contribution in [0.5, 0.6) is 0 Å². The Hall–Kier alpha value is -1.81. The van der Waals surface area contributed by atoms with Gasteiger partial charge >= 0.3 is 0 Å². The summed E-state index contributed by atoms with van der Waals surface area (Å²) in [5.74, 6) is -0.737. The monoisotopic (exact) mass is 290 g/mol. The van der Waals surface area contributed by atoms with Crippen molar-refractivity contribution in [3.8, 4) is 0 Å². The Labute approximate surface area is 124 Å². The van der Waals surface area contributed by atoms with Crippen molar-refractivity contribution in [1.82, 2.24) is 10.3 Å². The number of aryl methyl sites for hydroxylation is 1. The zero-order valence-electron chi connectivity index (χ0n) is 12.2. The maximum atomic E-state index is 13.7. The molecule has 1 aromatic heterocycles. The predicted molar refractivity (Wildman–Crippen MR) is 80.1 cm³/mol. The highest BCUT2D eigenvalue weighted by molar-refractivity contribution is 5.20. The first-order valence-electron chi connectivity index (χ1n) is 7.25. The molecule has 1 aromatic carbocycles. The summed E-state index contributed by atoms with van der Waals surface area (Å²) in [5, 5.41) is 3.34. The van der Waals surface area contributed by atoms with E-state index in [4.69, 9.17) is 0 Å². The number of hydrogen-bond donors (Lipinski definition) is 1. The first-order valence-corrected chi connectivity index (χ1v) is 7.25. The topological polar surface area (TPSA) is 24.9 Å². The van der Waals surface area contributed by atoms with E-state index >= 15 is 0 Å². The van der Waals surface area contributed by atoms with Crippen LogP contribution in [0.15, 0.2) is 42.7 Å². The van der Waals surface area contributed by atoms with Crippen molar-refractivity contribution in [2.75, 3.05) is 6.54 Å². The van der Waals surface area contributed by atoms with Gasteiger partial charge in [-0.05, 0) is 67.3 Å². The third-order valence-corrected chi connectivity index (χ3v) is 3.50. The van der Waals surface area contributed by atoms with Crippen LogP contribution in [0.1, 0.15) is 24.5 Å². The zero-order valence-corrected chi connectivity index (χ0v) is 12.2. The van der Waals surface area contributed by atoms with E-state index in [1.54, 1.807) is 12.4 Å². The van der Waals surface area contributed by atoms with Crippen LogP contribution in [0, 0.1) is 11.6 Å². The summed E-state index contributed by atoms with van der Waals surface area (Å²) < 4.78 is 27.0. The van der Waals surface area contributed by atoms with E-state index in [1.165, 1.54) is 17.7 Å². The van der Waals surface area contributed by atoms with Crippen molar-refractivity contribution in [2.45, 2.75) is 32.2 Å². The average Bonchev–Trinajstić information content (AvgIpc) is 2.50. The molecule has 0 aliphatic rings. The van der Waals surface area contributed by atoms with Crippen LogP contribution < -0.4 is 5.32 Å². The molecule has 2 nitrogen and oxygen atoms in total. The van der Waals surface area contributed by atoms with E-state index in [0.717, 1.165) is 25.5 Å². The molecule has 0 fully saturated rings. The summed E-state index contributed by atoms with van der Waals surface area (Å²) in [5.41, 5.74) is 1.63. The molecule has 0 aliphatic heterocycles. The normalized spacial score (nSPS) is 12.3. The molecule has 112 valence electrons. The van der Waals surface area contributed by atoms with Crippen LogP contribution in [-0.4, -0.2) is 17.6 Å². The minimum atomic E-state index is -0.393. The maximum absolute atomic E-state index is 13.7. The molecule has 4 heteroatoms. The van der Waals surface area contributed by atoms with Gasteiger partial charge in [0.1, 0.15) is 11.6 Å². The number of nitrogens with zero attached hydrogens (tertiary/aromatic N) is 1. The van der Waals surface area contributed by atoms with Crippen molar-refractivity contribution < 1.29 is 8.78 Å². The highest BCUT2D eigenvalue weighted by Gasteiger charge is 2.12. The van der Waals surface area contributed by atoms with E-state index in [-0.39, 0.29) is 11.9 Å². The molecule has 0 bridgehead atoms. The number of rotatable bonds is 7. The van der Waals surface area contributed by atoms with Gasteiger partial charge in [-0.1, -0.05) is 6.92 Å². The Balaban J connectivity index is 2.00. The van der Waals surface area contributed by atoms with Crippen molar-refractivity contribution >= 4 is 0 Å². The van der Waals surface area contributed by atoms with E-state index in [0.29, 0.717) is 12.0 Å². The summed E-state index contributed by atoms with van der Waals surface area (Å²) in [6.07, 6.45) is 5.78. The van der Waals surface area contributed by atoms with Crippen LogP contribution in [-0.2, 0) is 12.8 Å². The number of pyridine rings is 1. The molecule has 0 aliphatic carbocycles. The first kappa shape index (κ1) is 15.6. The lowest BCUT2D eigenvalue weighted by atomic mass is 9.99. The standard InChI is InChI=1S/C17H20F2N2/c1-2-21-16(5-3-13-7-9-20-10-8-13)12-14-11-15(18)4-6-17(14)19/h4,6-11,16,21H,2-3,5,12H2,1H3. The Morgan fingerprint density at radius 1 is 1.14 bits per heavy atom. The molecule has 0 amide bonds. The van der Waals surface area contributed by atoms with Crippen LogP contribution in [0.25, 0.3) is 0 Å². The molecule has 1 N–H and O–H groups in total. The van der Waals surface area contributed by atoms with Gasteiger partial charge in [0.05, 0.1) is 0 Å². The van der Waals surface area contributed by atoms with Gasteiger partial charge in [-0.2, -0.15) is 0 Å². The number of halogens is 2. The largest absolute Gasteiger partial charge is 0.314 e. The molecular formula is C17H20F2N2. The molecule has 21 heavy (non-hydrogen) atoms. The number of benzene rings is 1. The second-order valence-corrected chi connectivity index (χ2v) is 5.09. The van der Waals surface area contributed by atoms with Gasteiger partial charge in [0, 0.05) is 18.4 Å². The van der Waals surface area contributed by atoms with Crippen LogP contribution in [0.3, 0.4) is 0 Å². The van der Waals surface area contributed by atoms with Crippen molar-refractivity contribution in [3.63, 3.8) is 0 Å². The Morgan fingerprint density at radius 2 is 1.90 bits per heavy atom. The van der Waals surface area contributed by atoms with Gasteiger partial charge in [0.25, 0.3) is 0 Å². The summed E-state index contributed by atoms with van der Waals surface area (Å²) in [7, 11) is 0. The highest BCUT2D eigenvalue weighted by atomic mass is 19.1. The lowest BCUT2D eigenvalue weighted by Gasteiger charge is -2.18. The van der Waals surface area contributed by atoms with Gasteiger partial charge in [-0.3, -0.25) is 4.98 Å². The summed E-state index contributed by atoms with van der Waals surface area (Å²) in [4.78, 5) is 3.99. The predicted octanol–water partition coefficient (Wildman–Crippen LogP) is 3.51. The zero-order chi connectivity index (χ0) is 15.1. The molecule has 1 heterocycles. The molecular weight excluding hydrogens is 270 g/mol. The highest BCUT2D eigenvalue weighted by Crippen LogP contribution is 2.14. The van der Waals surface area contributed by atoms with E-state index in [1.807, 2.05) is 19.1 Å². The number of hydrogen-bond acceptors (Lipinski definition) is 2. The molecule has 2 aromatic rings. The second-order valence-electron chi connectivity index (χ2n) is 5.09. The third-order valence-electron chi connectivity index (χ3n) is 3.50. The lowest BCUT2D eigenvalue weighted by Crippen LogP contribution is -2.31. The van der Waals surface area contributed by atoms with Gasteiger partial charge in [0.15, 0.2) is 0 Å². The van der Waals surface area contributed by atoms with Crippen molar-refractivity contribution in [1.29, 1.82) is 0 Å². The third kappa shape index (κ3) is 4.90. The Kier molecular flexibility index (Phi) is 5.81. The molecule has 0 radical (unpaired) electrons. The van der Waals surface area contributed by atoms with E-state index in [9.17, 15) is 8.78 Å². The molecule has 1 atom stereocenters. The summed E-state index contributed by atoms with van der Waals surface area (Å²) >= 11 is 0. The number of nitrogens with one attached hydrogen (secondary N) is 1. The minimum Gasteiger partial charge on any atom is -0.314 e. The van der Waals surface area contributed by atoms with Gasteiger partial charge in [0.2, 0.25) is 0 Å². The molecule has 0 saturated heterocycles. The average molecular weight is 290 g/mol. The van der Waals surface area contributed by atoms with E-state index in [2.05, 4.69) is 10.3 Å². The molecule has 2 rings (SSSR count). The molecule has 1 unspecified atom stereocenters. The fourth-order valence-corrected chi connectivity index (χ4v) is 2.42. The van der Waals surface area contributed by atoms with Gasteiger partial charge < -0.3 is 5.32 Å². The quantitative estimate of drug-likeness (QED) is 0.844. The SMILES string of the molecule is CCNC(CCc1ccncc1)Cc1cc(F)ccc1F. The smallest absolute Gasteiger partial charge is 0.126 e.